The van der Waals surface area contributed by atoms with Gasteiger partial charge in [-0.25, -0.2) is 4.79 Å². The van der Waals surface area contributed by atoms with Crippen molar-refractivity contribution in [3.8, 4) is 5.75 Å². The number of nitrogens with one attached hydrogen (secondary N) is 1. The summed E-state index contributed by atoms with van der Waals surface area (Å²) in [4.78, 5) is 36.8. The van der Waals surface area contributed by atoms with Crippen molar-refractivity contribution < 1.29 is 29.3 Å². The van der Waals surface area contributed by atoms with E-state index in [-0.39, 0.29) is 11.6 Å². The maximum Gasteiger partial charge on any atom is 0.512 e. The molecular formula is C16H17N3O6S. The first-order chi connectivity index (χ1) is 12.3. The van der Waals surface area contributed by atoms with Crippen LogP contribution >= 0.6 is 11.8 Å². The molecule has 0 saturated carbocycles. The van der Waals surface area contributed by atoms with E-state index in [0.29, 0.717) is 16.9 Å². The number of fused-ring (bicyclic) bond motifs is 1. The van der Waals surface area contributed by atoms with Gasteiger partial charge in [0.1, 0.15) is 23.2 Å². The Hall–Kier alpha value is -2.72. The second kappa shape index (κ2) is 6.89. The van der Waals surface area contributed by atoms with Gasteiger partial charge in [0.05, 0.1) is 0 Å². The standard InChI is InChI=1S/C16H17N3O6S/c1-7-6-26-15-11(13(22)19(15)14(7)25-16(23)24)18-12(21)10(17)8-2-4-9(20)5-3-8/h2-5,10-11,15,20H,6,17H2,1H3,(H,18,21)(H,23,24)/t10-,11?,15-/m0/s1. The first kappa shape index (κ1) is 18.1. The minimum absolute atomic E-state index is 0.000387. The molecule has 26 heavy (non-hydrogen) atoms. The van der Waals surface area contributed by atoms with Crippen molar-refractivity contribution in [1.29, 1.82) is 0 Å². The Kier molecular flexibility index (Phi) is 4.79. The highest BCUT2D eigenvalue weighted by molar-refractivity contribution is 8.00. The number of carbonyl (C=O) groups is 3. The van der Waals surface area contributed by atoms with Gasteiger partial charge in [-0.3, -0.25) is 14.5 Å². The van der Waals surface area contributed by atoms with E-state index in [1.54, 1.807) is 6.92 Å². The largest absolute Gasteiger partial charge is 0.512 e. The minimum atomic E-state index is -1.50. The summed E-state index contributed by atoms with van der Waals surface area (Å²) in [5.74, 6) is -0.462. The predicted octanol–water partition coefficient (Wildman–Crippen LogP) is 0.718. The maximum absolute atomic E-state index is 12.4. The maximum atomic E-state index is 12.4. The van der Waals surface area contributed by atoms with Crippen molar-refractivity contribution in [2.24, 2.45) is 5.73 Å². The van der Waals surface area contributed by atoms with Gasteiger partial charge in [-0.2, -0.15) is 0 Å². The number of nitrogens with two attached hydrogens (primary N) is 1. The van der Waals surface area contributed by atoms with E-state index >= 15 is 0 Å². The summed E-state index contributed by atoms with van der Waals surface area (Å²) in [6.07, 6.45) is -1.50. The van der Waals surface area contributed by atoms with E-state index in [9.17, 15) is 19.5 Å². The highest BCUT2D eigenvalue weighted by Crippen LogP contribution is 2.40. The highest BCUT2D eigenvalue weighted by Gasteiger charge is 2.53. The van der Waals surface area contributed by atoms with Crippen LogP contribution in [0.15, 0.2) is 35.7 Å². The van der Waals surface area contributed by atoms with Gasteiger partial charge < -0.3 is 26.0 Å². The van der Waals surface area contributed by atoms with Crippen LogP contribution in [0.4, 0.5) is 4.79 Å². The van der Waals surface area contributed by atoms with E-state index < -0.39 is 35.4 Å². The van der Waals surface area contributed by atoms with Gasteiger partial charge in [-0.1, -0.05) is 12.1 Å². The Morgan fingerprint density at radius 2 is 2.04 bits per heavy atom. The molecule has 2 aliphatic rings. The van der Waals surface area contributed by atoms with E-state index in [1.807, 2.05) is 0 Å². The lowest BCUT2D eigenvalue weighted by Crippen LogP contribution is -2.70. The lowest BCUT2D eigenvalue weighted by atomic mass is 10.0. The summed E-state index contributed by atoms with van der Waals surface area (Å²) in [6.45, 7) is 1.68. The Morgan fingerprint density at radius 1 is 1.38 bits per heavy atom. The van der Waals surface area contributed by atoms with Gasteiger partial charge in [0, 0.05) is 5.75 Å². The van der Waals surface area contributed by atoms with Crippen LogP contribution in [-0.2, 0) is 14.3 Å². The molecule has 3 rings (SSSR count). The zero-order valence-electron chi connectivity index (χ0n) is 13.7. The van der Waals surface area contributed by atoms with Crippen LogP contribution in [0.2, 0.25) is 0 Å². The van der Waals surface area contributed by atoms with Gasteiger partial charge in [-0.15, -0.1) is 11.8 Å². The smallest absolute Gasteiger partial charge is 0.508 e. The first-order valence-corrected chi connectivity index (χ1v) is 8.74. The van der Waals surface area contributed by atoms with Crippen molar-refractivity contribution in [3.05, 3.63) is 41.3 Å². The monoisotopic (exact) mass is 379 g/mol. The van der Waals surface area contributed by atoms with Gasteiger partial charge in [0.2, 0.25) is 11.8 Å². The van der Waals surface area contributed by atoms with Crippen molar-refractivity contribution >= 4 is 29.7 Å². The number of rotatable bonds is 4. The summed E-state index contributed by atoms with van der Waals surface area (Å²) in [5.41, 5.74) is 7.03. The first-order valence-electron chi connectivity index (χ1n) is 7.69. The molecule has 0 radical (unpaired) electrons. The van der Waals surface area contributed by atoms with Crippen molar-refractivity contribution in [3.63, 3.8) is 0 Å². The van der Waals surface area contributed by atoms with Crippen LogP contribution in [0.3, 0.4) is 0 Å². The average molecular weight is 379 g/mol. The van der Waals surface area contributed by atoms with Crippen molar-refractivity contribution in [2.75, 3.05) is 5.75 Å². The summed E-state index contributed by atoms with van der Waals surface area (Å²) >= 11 is 1.40. The Balaban J connectivity index is 1.69. The molecule has 9 nitrogen and oxygen atoms in total. The molecule has 2 amide bonds. The molecule has 1 aromatic rings. The quantitative estimate of drug-likeness (QED) is 0.443. The molecule has 0 aliphatic carbocycles. The number of phenols is 1. The van der Waals surface area contributed by atoms with E-state index in [0.717, 1.165) is 0 Å². The SMILES string of the molecule is CC1=C(OC(=O)O)N2C(=O)C(NC(=O)[C@@H](N)c3ccc(O)cc3)[C@@H]2SC1. The third-order valence-corrected chi connectivity index (χ3v) is 5.54. The van der Waals surface area contributed by atoms with Crippen LogP contribution in [-0.4, -0.2) is 50.3 Å². The Morgan fingerprint density at radius 3 is 2.65 bits per heavy atom. The number of hydrogen-bond donors (Lipinski definition) is 4. The topological polar surface area (TPSA) is 142 Å². The lowest BCUT2D eigenvalue weighted by molar-refractivity contribution is -0.149. The Labute approximate surface area is 152 Å². The van der Waals surface area contributed by atoms with E-state index in [1.165, 1.54) is 40.9 Å². The molecule has 3 atom stereocenters. The number of phenolic OH excluding ortho intramolecular Hbond substituents is 1. The molecule has 0 bridgehead atoms. The number of β-lactam (4-membered cyclic amide) rings is 1. The van der Waals surface area contributed by atoms with Crippen LogP contribution in [0.5, 0.6) is 5.75 Å². The molecule has 138 valence electrons. The number of ether oxygens (including phenoxy) is 1. The van der Waals surface area contributed by atoms with Gasteiger partial charge in [0.15, 0.2) is 0 Å². The summed E-state index contributed by atoms with van der Waals surface area (Å²) in [5, 5.41) is 20.3. The number of thioether (sulfide) groups is 1. The molecule has 10 heteroatoms. The van der Waals surface area contributed by atoms with Gasteiger partial charge >= 0.3 is 6.16 Å². The summed E-state index contributed by atoms with van der Waals surface area (Å²) in [7, 11) is 0. The third-order valence-electron chi connectivity index (χ3n) is 4.11. The second-order valence-corrected chi connectivity index (χ2v) is 7.02. The van der Waals surface area contributed by atoms with E-state index in [4.69, 9.17) is 15.6 Å². The van der Waals surface area contributed by atoms with Gasteiger partial charge in [0.25, 0.3) is 5.91 Å². The highest BCUT2D eigenvalue weighted by atomic mass is 32.2. The molecule has 5 N–H and O–H groups in total. The second-order valence-electron chi connectivity index (χ2n) is 5.92. The summed E-state index contributed by atoms with van der Waals surface area (Å²) in [6, 6.07) is 4.07. The molecular weight excluding hydrogens is 362 g/mol. The molecule has 2 aliphatic heterocycles. The van der Waals surface area contributed by atoms with Crippen LogP contribution in [0, 0.1) is 0 Å². The molecule has 1 unspecified atom stereocenters. The fourth-order valence-corrected chi connectivity index (χ4v) is 4.03. The average Bonchev–Trinajstić information content (AvgIpc) is 2.60. The van der Waals surface area contributed by atoms with Gasteiger partial charge in [-0.05, 0) is 30.2 Å². The van der Waals surface area contributed by atoms with E-state index in [2.05, 4.69) is 5.32 Å². The normalized spacial score (nSPS) is 23.0. The number of amides is 2. The van der Waals surface area contributed by atoms with Crippen LogP contribution in [0.25, 0.3) is 0 Å². The molecule has 2 heterocycles. The third kappa shape index (κ3) is 3.20. The Bertz CT molecular complexity index is 794. The predicted molar refractivity (Wildman–Crippen MR) is 91.9 cm³/mol. The lowest BCUT2D eigenvalue weighted by Gasteiger charge is -2.49. The number of aromatic hydroxyl groups is 1. The van der Waals surface area contributed by atoms with Crippen molar-refractivity contribution in [1.82, 2.24) is 10.2 Å². The van der Waals surface area contributed by atoms with Crippen LogP contribution in [0.1, 0.15) is 18.5 Å². The number of hydrogen-bond acceptors (Lipinski definition) is 7. The van der Waals surface area contributed by atoms with Crippen molar-refractivity contribution in [2.45, 2.75) is 24.4 Å². The number of nitrogens with zero attached hydrogens (tertiary/aromatic N) is 1. The fourth-order valence-electron chi connectivity index (χ4n) is 2.76. The molecule has 1 fully saturated rings. The number of carbonyl (C=O) groups excluding carboxylic acids is 2. The molecule has 0 aromatic heterocycles. The zero-order valence-corrected chi connectivity index (χ0v) is 14.5. The fraction of sp³-hybridized carbons (Fsp3) is 0.312. The summed E-state index contributed by atoms with van der Waals surface area (Å²) < 4.78 is 4.72. The van der Waals surface area contributed by atoms with Crippen LogP contribution < -0.4 is 11.1 Å². The minimum Gasteiger partial charge on any atom is -0.508 e. The molecule has 0 spiro atoms. The molecule has 1 aromatic carbocycles. The number of carboxylic acid groups (broad SMARTS) is 1. The zero-order chi connectivity index (χ0) is 19.0. The molecule has 1 saturated heterocycles. The number of benzene rings is 1.